The van der Waals surface area contributed by atoms with E-state index in [1.165, 1.54) is 11.3 Å². The average Bonchev–Trinajstić information content (AvgIpc) is 2.64. The van der Waals surface area contributed by atoms with Crippen LogP contribution in [0, 0.1) is 5.92 Å². The van der Waals surface area contributed by atoms with Crippen LogP contribution in [0.25, 0.3) is 0 Å². The summed E-state index contributed by atoms with van der Waals surface area (Å²) >= 11 is 1.21. The molecule has 15 heavy (non-hydrogen) atoms. The van der Waals surface area contributed by atoms with Gasteiger partial charge in [0, 0.05) is 30.5 Å². The molecule has 1 aliphatic carbocycles. The smallest absolute Gasteiger partial charge is 0.302 e. The van der Waals surface area contributed by atoms with Crippen LogP contribution in [-0.4, -0.2) is 10.4 Å². The minimum absolute atomic E-state index is 0.0631. The Labute approximate surface area is 92.7 Å². The Morgan fingerprint density at radius 3 is 2.93 bits per heavy atom. The lowest BCUT2D eigenvalue weighted by molar-refractivity contribution is -0.122. The van der Waals surface area contributed by atoms with Crippen molar-refractivity contribution < 1.29 is 4.79 Å². The van der Waals surface area contributed by atoms with Crippen molar-refractivity contribution in [2.45, 2.75) is 38.6 Å². The van der Waals surface area contributed by atoms with Gasteiger partial charge in [-0.05, 0) is 12.3 Å². The fourth-order valence-corrected chi connectivity index (χ4v) is 2.99. The zero-order valence-corrected chi connectivity index (χ0v) is 9.63. The van der Waals surface area contributed by atoms with Gasteiger partial charge < -0.3 is 4.57 Å². The second-order valence-electron chi connectivity index (χ2n) is 4.09. The van der Waals surface area contributed by atoms with Crippen LogP contribution < -0.4 is 4.87 Å². The lowest BCUT2D eigenvalue weighted by atomic mass is 9.82. The second-order valence-corrected chi connectivity index (χ2v) is 4.95. The largest absolute Gasteiger partial charge is 0.307 e. The Kier molecular flexibility index (Phi) is 3.05. The number of ketones is 1. The second kappa shape index (κ2) is 4.31. The van der Waals surface area contributed by atoms with Gasteiger partial charge >= 0.3 is 4.87 Å². The Morgan fingerprint density at radius 2 is 2.33 bits per heavy atom. The lowest BCUT2D eigenvalue weighted by Gasteiger charge is -2.30. The molecule has 0 N–H and O–H groups in total. The van der Waals surface area contributed by atoms with E-state index in [9.17, 15) is 9.59 Å². The van der Waals surface area contributed by atoms with Crippen molar-refractivity contribution in [2.24, 2.45) is 5.92 Å². The van der Waals surface area contributed by atoms with E-state index in [0.29, 0.717) is 24.5 Å². The Morgan fingerprint density at radius 1 is 1.53 bits per heavy atom. The van der Waals surface area contributed by atoms with Crippen LogP contribution in [0.1, 0.15) is 38.6 Å². The van der Waals surface area contributed by atoms with Crippen LogP contribution in [0.4, 0.5) is 0 Å². The van der Waals surface area contributed by atoms with Crippen molar-refractivity contribution in [3.8, 4) is 0 Å². The summed E-state index contributed by atoms with van der Waals surface area (Å²) in [6.07, 6.45) is 5.02. The molecule has 2 rings (SSSR count). The zero-order chi connectivity index (χ0) is 10.8. The van der Waals surface area contributed by atoms with Gasteiger partial charge in [0.2, 0.25) is 0 Å². The molecule has 2 unspecified atom stereocenters. The van der Waals surface area contributed by atoms with Gasteiger partial charge in [0.05, 0.1) is 0 Å². The van der Waals surface area contributed by atoms with E-state index in [4.69, 9.17) is 0 Å². The highest BCUT2D eigenvalue weighted by molar-refractivity contribution is 7.07. The molecule has 1 aliphatic rings. The highest BCUT2D eigenvalue weighted by Gasteiger charge is 2.29. The number of carbonyl (C=O) groups excluding carboxylic acids is 1. The molecule has 1 heterocycles. The Balaban J connectivity index is 2.28. The van der Waals surface area contributed by atoms with Gasteiger partial charge in [0.15, 0.2) is 0 Å². The van der Waals surface area contributed by atoms with Gasteiger partial charge in [-0.3, -0.25) is 9.59 Å². The summed E-state index contributed by atoms with van der Waals surface area (Å²) in [5.41, 5.74) is 0. The molecule has 0 spiro atoms. The zero-order valence-electron chi connectivity index (χ0n) is 8.81. The molecule has 0 aliphatic heterocycles. The first-order chi connectivity index (χ1) is 7.22. The molecule has 0 aromatic carbocycles. The Hall–Kier alpha value is -0.900. The first-order valence-corrected chi connectivity index (χ1v) is 6.27. The van der Waals surface area contributed by atoms with Crippen molar-refractivity contribution in [3.05, 3.63) is 21.2 Å². The van der Waals surface area contributed by atoms with E-state index < -0.39 is 0 Å². The molecule has 0 amide bonds. The van der Waals surface area contributed by atoms with E-state index in [0.717, 1.165) is 12.8 Å². The Bertz CT molecular complexity index is 407. The molecular formula is C11H15NO2S. The fraction of sp³-hybridized carbons (Fsp3) is 0.636. The maximum absolute atomic E-state index is 11.6. The molecule has 1 aromatic rings. The number of aromatic nitrogens is 1. The number of Topliss-reactive ketones (excluding diaryl/α,β-unsaturated/α-hetero) is 1. The molecule has 82 valence electrons. The molecular weight excluding hydrogens is 210 g/mol. The molecule has 0 saturated heterocycles. The molecule has 2 atom stereocenters. The number of rotatable bonds is 2. The summed E-state index contributed by atoms with van der Waals surface area (Å²) in [4.78, 5) is 23.0. The minimum Gasteiger partial charge on any atom is -0.302 e. The number of nitrogens with zero attached hydrogens (tertiary/aromatic N) is 1. The standard InChI is InChI=1S/C11H15NO2S/c1-2-8-3-4-9(13)7-10(8)12-5-6-15-11(12)14/h5-6,8,10H,2-4,7H2,1H3. The number of hydrogen-bond acceptors (Lipinski definition) is 3. The minimum atomic E-state index is 0.0631. The quantitative estimate of drug-likeness (QED) is 0.774. The van der Waals surface area contributed by atoms with E-state index in [-0.39, 0.29) is 10.9 Å². The summed E-state index contributed by atoms with van der Waals surface area (Å²) in [5.74, 6) is 0.776. The highest BCUT2D eigenvalue weighted by Crippen LogP contribution is 2.33. The summed E-state index contributed by atoms with van der Waals surface area (Å²) in [5, 5.41) is 1.80. The number of thiazole rings is 1. The monoisotopic (exact) mass is 225 g/mol. The molecule has 1 aromatic heterocycles. The van der Waals surface area contributed by atoms with Crippen molar-refractivity contribution >= 4 is 17.1 Å². The number of hydrogen-bond donors (Lipinski definition) is 0. The van der Waals surface area contributed by atoms with E-state index in [1.54, 1.807) is 9.95 Å². The van der Waals surface area contributed by atoms with Crippen molar-refractivity contribution in [2.75, 3.05) is 0 Å². The van der Waals surface area contributed by atoms with Crippen LogP contribution in [0.3, 0.4) is 0 Å². The maximum Gasteiger partial charge on any atom is 0.307 e. The van der Waals surface area contributed by atoms with Crippen molar-refractivity contribution in [1.29, 1.82) is 0 Å². The van der Waals surface area contributed by atoms with Crippen molar-refractivity contribution in [1.82, 2.24) is 4.57 Å². The first-order valence-electron chi connectivity index (χ1n) is 5.39. The summed E-state index contributed by atoms with van der Waals surface area (Å²) in [6.45, 7) is 2.13. The van der Waals surface area contributed by atoms with Crippen molar-refractivity contribution in [3.63, 3.8) is 0 Å². The van der Waals surface area contributed by atoms with Crippen LogP contribution in [0.2, 0.25) is 0 Å². The van der Waals surface area contributed by atoms with Gasteiger partial charge in [-0.25, -0.2) is 0 Å². The number of carbonyl (C=O) groups is 1. The normalized spacial score (nSPS) is 26.9. The third-order valence-corrected chi connectivity index (χ3v) is 3.93. The van der Waals surface area contributed by atoms with Gasteiger partial charge in [-0.2, -0.15) is 0 Å². The molecule has 3 nitrogen and oxygen atoms in total. The highest BCUT2D eigenvalue weighted by atomic mass is 32.1. The summed E-state index contributed by atoms with van der Waals surface area (Å²) in [7, 11) is 0. The van der Waals surface area contributed by atoms with Gasteiger partial charge in [-0.1, -0.05) is 24.7 Å². The topological polar surface area (TPSA) is 39.1 Å². The van der Waals surface area contributed by atoms with E-state index in [1.807, 2.05) is 6.20 Å². The van der Waals surface area contributed by atoms with Gasteiger partial charge in [0.25, 0.3) is 0 Å². The molecule has 0 radical (unpaired) electrons. The maximum atomic E-state index is 11.6. The lowest BCUT2D eigenvalue weighted by Crippen LogP contribution is -2.31. The SMILES string of the molecule is CCC1CCC(=O)CC1n1ccsc1=O. The summed E-state index contributed by atoms with van der Waals surface area (Å²) < 4.78 is 1.75. The fourth-order valence-electron chi connectivity index (χ4n) is 2.36. The van der Waals surface area contributed by atoms with Crippen LogP contribution in [-0.2, 0) is 4.79 Å². The van der Waals surface area contributed by atoms with E-state index in [2.05, 4.69) is 6.92 Å². The van der Waals surface area contributed by atoms with Gasteiger partial charge in [0.1, 0.15) is 5.78 Å². The molecule has 4 heteroatoms. The predicted octanol–water partition coefficient (Wildman–Crippen LogP) is 2.23. The third kappa shape index (κ3) is 2.04. The van der Waals surface area contributed by atoms with Crippen LogP contribution >= 0.6 is 11.3 Å². The van der Waals surface area contributed by atoms with Crippen LogP contribution in [0.15, 0.2) is 16.4 Å². The first kappa shape index (κ1) is 10.6. The molecule has 0 bridgehead atoms. The molecule has 1 fully saturated rings. The summed E-state index contributed by atoms with van der Waals surface area (Å²) in [6, 6.07) is 0.106. The third-order valence-electron chi connectivity index (χ3n) is 3.26. The van der Waals surface area contributed by atoms with E-state index >= 15 is 0 Å². The molecule has 1 saturated carbocycles. The van der Waals surface area contributed by atoms with Gasteiger partial charge in [-0.15, -0.1) is 0 Å². The average molecular weight is 225 g/mol. The van der Waals surface area contributed by atoms with Crippen LogP contribution in [0.5, 0.6) is 0 Å². The predicted molar refractivity (Wildman–Crippen MR) is 60.3 cm³/mol.